The van der Waals surface area contributed by atoms with Crippen LogP contribution < -0.4 is 14.8 Å². The Bertz CT molecular complexity index is 1250. The van der Waals surface area contributed by atoms with Gasteiger partial charge in [-0.25, -0.2) is 0 Å². The van der Waals surface area contributed by atoms with E-state index in [9.17, 15) is 20.2 Å². The van der Waals surface area contributed by atoms with Crippen molar-refractivity contribution in [2.75, 3.05) is 12.4 Å². The molecule has 9 heteroatoms. The van der Waals surface area contributed by atoms with Crippen molar-refractivity contribution in [2.45, 2.75) is 6.61 Å². The minimum Gasteiger partial charge on any atom is -0.497 e. The Morgan fingerprint density at radius 3 is 2.61 bits per heavy atom. The highest BCUT2D eigenvalue weighted by Crippen LogP contribution is 2.28. The molecule has 0 heterocycles. The molecule has 0 radical (unpaired) electrons. The molecule has 8 nitrogen and oxygen atoms in total. The predicted octanol–water partition coefficient (Wildman–Crippen LogP) is 5.38. The number of non-ortho nitro benzene ring substituents is 1. The maximum Gasteiger partial charge on any atom is 0.271 e. The lowest BCUT2D eigenvalue weighted by Crippen LogP contribution is -2.13. The van der Waals surface area contributed by atoms with Crippen LogP contribution in [0, 0.1) is 21.4 Å². The van der Waals surface area contributed by atoms with Gasteiger partial charge in [-0.3, -0.25) is 14.9 Å². The number of nitro groups is 1. The quantitative estimate of drug-likeness (QED) is 0.207. The number of anilines is 1. The molecule has 0 spiro atoms. The summed E-state index contributed by atoms with van der Waals surface area (Å²) >= 11 is 5.91. The second-order valence-corrected chi connectivity index (χ2v) is 7.19. The van der Waals surface area contributed by atoms with Gasteiger partial charge in [0.1, 0.15) is 29.7 Å². The molecular formula is C24H18ClN3O5. The zero-order valence-corrected chi connectivity index (χ0v) is 18.2. The number of carbonyl (C=O) groups is 1. The molecule has 0 aliphatic carbocycles. The molecule has 1 amide bonds. The van der Waals surface area contributed by atoms with Gasteiger partial charge in [0.2, 0.25) is 0 Å². The number of methoxy groups -OCH3 is 1. The van der Waals surface area contributed by atoms with Crippen LogP contribution in [0.5, 0.6) is 11.5 Å². The number of ether oxygens (including phenoxy) is 2. The van der Waals surface area contributed by atoms with Gasteiger partial charge in [-0.05, 0) is 42.0 Å². The summed E-state index contributed by atoms with van der Waals surface area (Å²) in [6.45, 7) is 0.229. The van der Waals surface area contributed by atoms with E-state index >= 15 is 0 Å². The fourth-order valence-corrected chi connectivity index (χ4v) is 2.95. The third-order valence-electron chi connectivity index (χ3n) is 4.51. The van der Waals surface area contributed by atoms with Crippen molar-refractivity contribution >= 4 is 35.0 Å². The largest absolute Gasteiger partial charge is 0.497 e. The van der Waals surface area contributed by atoms with Crippen LogP contribution in [0.1, 0.15) is 11.1 Å². The number of amides is 1. The Labute approximate surface area is 194 Å². The Morgan fingerprint density at radius 2 is 1.94 bits per heavy atom. The van der Waals surface area contributed by atoms with Crippen LogP contribution in [-0.2, 0) is 11.4 Å². The fraction of sp³-hybridized carbons (Fsp3) is 0.0833. The molecule has 0 bridgehead atoms. The number of hydrogen-bond donors (Lipinski definition) is 1. The summed E-state index contributed by atoms with van der Waals surface area (Å²) < 4.78 is 11.2. The van der Waals surface area contributed by atoms with Crippen LogP contribution >= 0.6 is 11.6 Å². The number of carbonyl (C=O) groups excluding carboxylic acids is 1. The van der Waals surface area contributed by atoms with E-state index in [0.717, 1.165) is 5.56 Å². The molecule has 33 heavy (non-hydrogen) atoms. The molecule has 0 saturated carbocycles. The molecule has 0 aliphatic heterocycles. The highest BCUT2D eigenvalue weighted by molar-refractivity contribution is 6.30. The molecule has 3 aromatic rings. The average Bonchev–Trinajstić information content (AvgIpc) is 2.82. The molecule has 3 rings (SSSR count). The molecular weight excluding hydrogens is 446 g/mol. The van der Waals surface area contributed by atoms with Gasteiger partial charge >= 0.3 is 0 Å². The number of benzene rings is 3. The van der Waals surface area contributed by atoms with Crippen molar-refractivity contribution in [3.63, 3.8) is 0 Å². The number of nitriles is 1. The van der Waals surface area contributed by atoms with Crippen LogP contribution in [0.2, 0.25) is 5.02 Å². The summed E-state index contributed by atoms with van der Waals surface area (Å²) in [4.78, 5) is 23.0. The van der Waals surface area contributed by atoms with E-state index in [1.165, 1.54) is 37.5 Å². The number of hydrogen-bond acceptors (Lipinski definition) is 6. The van der Waals surface area contributed by atoms with E-state index in [1.807, 2.05) is 18.2 Å². The smallest absolute Gasteiger partial charge is 0.271 e. The lowest BCUT2D eigenvalue weighted by atomic mass is 10.1. The number of nitro benzene ring substituents is 1. The third kappa shape index (κ3) is 6.32. The number of nitrogens with one attached hydrogen (secondary N) is 1. The zero-order chi connectivity index (χ0) is 23.8. The monoisotopic (exact) mass is 463 g/mol. The fourth-order valence-electron chi connectivity index (χ4n) is 2.83. The van der Waals surface area contributed by atoms with Gasteiger partial charge in [0.15, 0.2) is 0 Å². The summed E-state index contributed by atoms with van der Waals surface area (Å²) in [5, 5.41) is 23.6. The van der Waals surface area contributed by atoms with E-state index in [4.69, 9.17) is 21.1 Å². The van der Waals surface area contributed by atoms with Gasteiger partial charge in [0.05, 0.1) is 12.0 Å². The third-order valence-corrected chi connectivity index (χ3v) is 4.76. The average molecular weight is 464 g/mol. The van der Waals surface area contributed by atoms with Crippen LogP contribution in [-0.4, -0.2) is 17.9 Å². The Morgan fingerprint density at radius 1 is 1.18 bits per heavy atom. The molecule has 0 unspecified atom stereocenters. The maximum absolute atomic E-state index is 12.6. The number of halogens is 1. The van der Waals surface area contributed by atoms with Gasteiger partial charge < -0.3 is 14.8 Å². The first-order chi connectivity index (χ1) is 15.9. The molecule has 0 saturated heterocycles. The molecule has 0 aromatic heterocycles. The highest BCUT2D eigenvalue weighted by atomic mass is 35.5. The van der Waals surface area contributed by atoms with Crippen LogP contribution in [0.15, 0.2) is 72.3 Å². The van der Waals surface area contributed by atoms with Gasteiger partial charge in [-0.2, -0.15) is 5.26 Å². The summed E-state index contributed by atoms with van der Waals surface area (Å²) in [5.74, 6) is 0.232. The lowest BCUT2D eigenvalue weighted by Gasteiger charge is -2.12. The molecule has 0 aliphatic rings. The normalized spacial score (nSPS) is 10.8. The molecule has 1 N–H and O–H groups in total. The molecule has 3 aromatic carbocycles. The second-order valence-electron chi connectivity index (χ2n) is 6.75. The minimum atomic E-state index is -0.711. The van der Waals surface area contributed by atoms with Crippen LogP contribution in [0.25, 0.3) is 6.08 Å². The summed E-state index contributed by atoms with van der Waals surface area (Å²) in [6, 6.07) is 19.4. The van der Waals surface area contributed by atoms with Crippen molar-refractivity contribution in [2.24, 2.45) is 0 Å². The number of rotatable bonds is 8. The SMILES string of the molecule is COc1ccc(/C=C(\C#N)C(=O)Nc2cccc([N+](=O)[O-])c2)c(OCc2ccc(Cl)cc2)c1. The first-order valence-corrected chi connectivity index (χ1v) is 10.0. The second kappa shape index (κ2) is 10.8. The van der Waals surface area contributed by atoms with Crippen LogP contribution in [0.4, 0.5) is 11.4 Å². The van der Waals surface area contributed by atoms with Gasteiger partial charge in [0, 0.05) is 34.5 Å². The Kier molecular flexibility index (Phi) is 7.63. The molecule has 0 fully saturated rings. The van der Waals surface area contributed by atoms with E-state index in [0.29, 0.717) is 22.1 Å². The number of nitrogens with zero attached hydrogens (tertiary/aromatic N) is 2. The van der Waals surface area contributed by atoms with E-state index < -0.39 is 10.8 Å². The van der Waals surface area contributed by atoms with E-state index in [2.05, 4.69) is 5.32 Å². The van der Waals surface area contributed by atoms with Gasteiger partial charge in [0.25, 0.3) is 11.6 Å². The first-order valence-electron chi connectivity index (χ1n) is 9.62. The van der Waals surface area contributed by atoms with Crippen molar-refractivity contribution in [1.29, 1.82) is 5.26 Å². The highest BCUT2D eigenvalue weighted by Gasteiger charge is 2.14. The molecule has 0 atom stereocenters. The van der Waals surface area contributed by atoms with E-state index in [-0.39, 0.29) is 23.6 Å². The lowest BCUT2D eigenvalue weighted by molar-refractivity contribution is -0.384. The van der Waals surface area contributed by atoms with Crippen molar-refractivity contribution in [1.82, 2.24) is 0 Å². The Balaban J connectivity index is 1.85. The standard InChI is InChI=1S/C24H18ClN3O5/c1-32-22-10-7-17(23(13-22)33-15-16-5-8-19(25)9-6-16)11-18(14-26)24(29)27-20-3-2-4-21(12-20)28(30)31/h2-13H,15H2,1H3,(H,27,29)/b18-11+. The summed E-state index contributed by atoms with van der Waals surface area (Å²) in [6.07, 6.45) is 1.38. The van der Waals surface area contributed by atoms with E-state index in [1.54, 1.807) is 30.3 Å². The van der Waals surface area contributed by atoms with Crippen molar-refractivity contribution < 1.29 is 19.2 Å². The summed E-state index contributed by atoms with van der Waals surface area (Å²) in [5.41, 5.74) is 1.17. The van der Waals surface area contributed by atoms with Crippen LogP contribution in [0.3, 0.4) is 0 Å². The Hall–Kier alpha value is -4.35. The van der Waals surface area contributed by atoms with Gasteiger partial charge in [-0.15, -0.1) is 0 Å². The van der Waals surface area contributed by atoms with Crippen molar-refractivity contribution in [3.05, 3.63) is 98.6 Å². The minimum absolute atomic E-state index is 0.177. The summed E-state index contributed by atoms with van der Waals surface area (Å²) in [7, 11) is 1.51. The molecule has 166 valence electrons. The van der Waals surface area contributed by atoms with Gasteiger partial charge in [-0.1, -0.05) is 29.8 Å². The maximum atomic E-state index is 12.6. The topological polar surface area (TPSA) is 114 Å². The first kappa shape index (κ1) is 23.3. The van der Waals surface area contributed by atoms with Crippen molar-refractivity contribution in [3.8, 4) is 17.6 Å². The zero-order valence-electron chi connectivity index (χ0n) is 17.4. The predicted molar refractivity (Wildman–Crippen MR) is 124 cm³/mol.